The maximum Gasteiger partial charge on any atom is 0.267 e. The molecule has 0 aliphatic heterocycles. The third-order valence-electron chi connectivity index (χ3n) is 3.19. The fourth-order valence-corrected chi connectivity index (χ4v) is 2.41. The van der Waals surface area contributed by atoms with Crippen LogP contribution in [0.25, 0.3) is 11.5 Å². The van der Waals surface area contributed by atoms with Gasteiger partial charge in [0.1, 0.15) is 11.4 Å². The van der Waals surface area contributed by atoms with E-state index in [0.717, 1.165) is 0 Å². The van der Waals surface area contributed by atoms with Crippen molar-refractivity contribution in [1.82, 2.24) is 20.2 Å². The third-order valence-corrected chi connectivity index (χ3v) is 3.73. The number of carbonyl (C=O) groups is 1. The van der Waals surface area contributed by atoms with E-state index >= 15 is 0 Å². The number of hydrogen-bond acceptors (Lipinski definition) is 5. The Labute approximate surface area is 153 Å². The van der Waals surface area contributed by atoms with Crippen molar-refractivity contribution in [3.63, 3.8) is 0 Å². The van der Waals surface area contributed by atoms with E-state index in [9.17, 15) is 4.79 Å². The number of benzene rings is 1. The molecule has 0 aliphatic carbocycles. The molecule has 0 saturated heterocycles. The summed E-state index contributed by atoms with van der Waals surface area (Å²) in [5.74, 6) is 0.518. The molecular weight excluding hydrogens is 365 g/mol. The first kappa shape index (κ1) is 17.2. The molecule has 1 amide bonds. The lowest BCUT2D eigenvalue weighted by Crippen LogP contribution is -2.30. The number of nitrogens with zero attached hydrogens (tertiary/aromatic N) is 3. The van der Waals surface area contributed by atoms with Crippen molar-refractivity contribution in [3.05, 3.63) is 52.6 Å². The average molecular weight is 378 g/mol. The van der Waals surface area contributed by atoms with Gasteiger partial charge in [-0.2, -0.15) is 4.98 Å². The largest absolute Gasteiger partial charge is 0.479 e. The molecule has 0 saturated carbocycles. The van der Waals surface area contributed by atoms with E-state index in [2.05, 4.69) is 25.5 Å². The Hall–Kier alpha value is -2.64. The van der Waals surface area contributed by atoms with E-state index < -0.39 is 12.0 Å². The number of H-pyrrole nitrogens is 1. The van der Waals surface area contributed by atoms with Gasteiger partial charge in [-0.05, 0) is 37.3 Å². The number of hydrogen-bond donors (Lipinski definition) is 2. The van der Waals surface area contributed by atoms with Crippen LogP contribution in [0.1, 0.15) is 6.92 Å². The van der Waals surface area contributed by atoms with E-state index in [1.165, 1.54) is 6.07 Å². The van der Waals surface area contributed by atoms with Crippen LogP contribution < -0.4 is 10.1 Å². The smallest absolute Gasteiger partial charge is 0.267 e. The molecule has 128 valence electrons. The molecule has 0 spiro atoms. The number of carbonyl (C=O) groups excluding carboxylic acids is 1. The van der Waals surface area contributed by atoms with Gasteiger partial charge in [0, 0.05) is 11.2 Å². The summed E-state index contributed by atoms with van der Waals surface area (Å²) < 4.78 is 5.54. The molecule has 0 radical (unpaired) electrons. The predicted octanol–water partition coefficient (Wildman–Crippen LogP) is 3.58. The molecule has 25 heavy (non-hydrogen) atoms. The van der Waals surface area contributed by atoms with Gasteiger partial charge in [0.2, 0.25) is 5.95 Å². The van der Waals surface area contributed by atoms with Gasteiger partial charge in [-0.1, -0.05) is 29.3 Å². The standard InChI is InChI=1S/C16H13Cl2N5O2/c1-9(25-13-6-5-10(17)8-11(13)18)15(24)21-16-20-14(22-23-16)12-4-2-3-7-19-12/h2-9H,1H3,(H2,20,21,22,23,24). The van der Waals surface area contributed by atoms with Gasteiger partial charge in [-0.15, -0.1) is 5.10 Å². The molecule has 0 aliphatic rings. The predicted molar refractivity (Wildman–Crippen MR) is 94.8 cm³/mol. The summed E-state index contributed by atoms with van der Waals surface area (Å²) in [4.78, 5) is 20.6. The van der Waals surface area contributed by atoms with Crippen LogP contribution in [0, 0.1) is 0 Å². The molecule has 2 aromatic heterocycles. The number of pyridine rings is 1. The maximum atomic E-state index is 12.2. The van der Waals surface area contributed by atoms with E-state index in [4.69, 9.17) is 27.9 Å². The van der Waals surface area contributed by atoms with Crippen LogP contribution in [0.4, 0.5) is 5.95 Å². The van der Waals surface area contributed by atoms with Gasteiger partial charge in [-0.25, -0.2) is 0 Å². The van der Waals surface area contributed by atoms with Crippen molar-refractivity contribution in [3.8, 4) is 17.3 Å². The Bertz CT molecular complexity index is 885. The lowest BCUT2D eigenvalue weighted by Gasteiger charge is -2.14. The topological polar surface area (TPSA) is 92.8 Å². The van der Waals surface area contributed by atoms with Gasteiger partial charge in [0.05, 0.1) is 5.02 Å². The van der Waals surface area contributed by atoms with Crippen LogP contribution in [0.5, 0.6) is 5.75 Å². The van der Waals surface area contributed by atoms with Gasteiger partial charge in [-0.3, -0.25) is 20.2 Å². The number of amides is 1. The minimum atomic E-state index is -0.810. The molecule has 1 atom stereocenters. The van der Waals surface area contributed by atoms with Gasteiger partial charge < -0.3 is 4.74 Å². The zero-order valence-electron chi connectivity index (χ0n) is 13.0. The van der Waals surface area contributed by atoms with Crippen LogP contribution in [0.2, 0.25) is 10.0 Å². The highest BCUT2D eigenvalue weighted by atomic mass is 35.5. The van der Waals surface area contributed by atoms with Crippen molar-refractivity contribution in [2.75, 3.05) is 5.32 Å². The zero-order valence-corrected chi connectivity index (χ0v) is 14.5. The van der Waals surface area contributed by atoms with E-state index in [1.807, 2.05) is 6.07 Å². The van der Waals surface area contributed by atoms with Crippen LogP contribution in [-0.2, 0) is 4.79 Å². The van der Waals surface area contributed by atoms with E-state index in [1.54, 1.807) is 37.4 Å². The van der Waals surface area contributed by atoms with Gasteiger partial charge in [0.25, 0.3) is 5.91 Å². The summed E-state index contributed by atoms with van der Waals surface area (Å²) in [6.45, 7) is 1.59. The summed E-state index contributed by atoms with van der Waals surface area (Å²) in [6, 6.07) is 10.2. The Kier molecular flexibility index (Phi) is 5.16. The Morgan fingerprint density at radius 3 is 2.84 bits per heavy atom. The lowest BCUT2D eigenvalue weighted by atomic mass is 10.3. The Morgan fingerprint density at radius 2 is 2.12 bits per heavy atom. The number of rotatable bonds is 5. The van der Waals surface area contributed by atoms with Crippen molar-refractivity contribution >= 4 is 35.1 Å². The van der Waals surface area contributed by atoms with Gasteiger partial charge >= 0.3 is 0 Å². The first-order chi connectivity index (χ1) is 12.0. The average Bonchev–Trinajstić information content (AvgIpc) is 3.06. The monoisotopic (exact) mass is 377 g/mol. The van der Waals surface area contributed by atoms with Crippen molar-refractivity contribution in [2.24, 2.45) is 0 Å². The molecule has 0 bridgehead atoms. The molecule has 3 rings (SSSR count). The second-order valence-corrected chi connectivity index (χ2v) is 5.89. The van der Waals surface area contributed by atoms with Crippen molar-refractivity contribution in [2.45, 2.75) is 13.0 Å². The highest BCUT2D eigenvalue weighted by Crippen LogP contribution is 2.28. The molecule has 0 fully saturated rings. The second-order valence-electron chi connectivity index (χ2n) is 5.05. The maximum absolute atomic E-state index is 12.2. The molecule has 7 nitrogen and oxygen atoms in total. The number of nitrogens with one attached hydrogen (secondary N) is 2. The zero-order chi connectivity index (χ0) is 17.8. The molecule has 1 unspecified atom stereocenters. The van der Waals surface area contributed by atoms with Crippen LogP contribution in [0.3, 0.4) is 0 Å². The van der Waals surface area contributed by atoms with Crippen LogP contribution in [0.15, 0.2) is 42.6 Å². The minimum Gasteiger partial charge on any atom is -0.479 e. The van der Waals surface area contributed by atoms with Crippen LogP contribution >= 0.6 is 23.2 Å². The molecule has 9 heteroatoms. The Balaban J connectivity index is 1.65. The number of aromatic nitrogens is 4. The molecule has 2 heterocycles. The highest BCUT2D eigenvalue weighted by Gasteiger charge is 2.18. The summed E-state index contributed by atoms with van der Waals surface area (Å²) >= 11 is 11.9. The normalized spacial score (nSPS) is 11.8. The SMILES string of the molecule is CC(Oc1ccc(Cl)cc1Cl)C(=O)Nc1n[nH]c(-c2ccccn2)n1. The summed E-state index contributed by atoms with van der Waals surface area (Å²) in [5, 5.41) is 10.0. The summed E-state index contributed by atoms with van der Waals surface area (Å²) in [5.41, 5.74) is 0.618. The van der Waals surface area contributed by atoms with Crippen molar-refractivity contribution < 1.29 is 9.53 Å². The fraction of sp³-hybridized carbons (Fsp3) is 0.125. The number of halogens is 2. The fourth-order valence-electron chi connectivity index (χ4n) is 1.96. The second kappa shape index (κ2) is 7.50. The van der Waals surface area contributed by atoms with Crippen LogP contribution in [-0.4, -0.2) is 32.2 Å². The minimum absolute atomic E-state index is 0.128. The summed E-state index contributed by atoms with van der Waals surface area (Å²) in [6.07, 6.45) is 0.831. The first-order valence-corrected chi connectivity index (χ1v) is 8.05. The van der Waals surface area contributed by atoms with Crippen molar-refractivity contribution in [1.29, 1.82) is 0 Å². The molecule has 1 aromatic carbocycles. The Morgan fingerprint density at radius 1 is 1.28 bits per heavy atom. The summed E-state index contributed by atoms with van der Waals surface area (Å²) in [7, 11) is 0. The van der Waals surface area contributed by atoms with E-state index in [0.29, 0.717) is 27.3 Å². The number of ether oxygens (including phenoxy) is 1. The van der Waals surface area contributed by atoms with E-state index in [-0.39, 0.29) is 5.95 Å². The quantitative estimate of drug-likeness (QED) is 0.708. The number of aromatic amines is 1. The molecule has 2 N–H and O–H groups in total. The molecular formula is C16H13Cl2N5O2. The first-order valence-electron chi connectivity index (χ1n) is 7.29. The highest BCUT2D eigenvalue weighted by molar-refractivity contribution is 6.35. The molecule has 3 aromatic rings. The van der Waals surface area contributed by atoms with Gasteiger partial charge in [0.15, 0.2) is 11.9 Å². The number of anilines is 1. The lowest BCUT2D eigenvalue weighted by molar-refractivity contribution is -0.122. The third kappa shape index (κ3) is 4.26.